The highest BCUT2D eigenvalue weighted by molar-refractivity contribution is 5.82. The lowest BCUT2D eigenvalue weighted by atomic mass is 9.75. The molecule has 2 aliphatic carbocycles. The van der Waals surface area contributed by atoms with E-state index in [9.17, 15) is 9.59 Å². The summed E-state index contributed by atoms with van der Waals surface area (Å²) >= 11 is 0. The zero-order valence-electron chi connectivity index (χ0n) is 14.6. The van der Waals surface area contributed by atoms with Crippen molar-refractivity contribution in [3.63, 3.8) is 0 Å². The molecule has 0 unspecified atom stereocenters. The molecule has 0 radical (unpaired) electrons. The first kappa shape index (κ1) is 16.2. The van der Waals surface area contributed by atoms with Gasteiger partial charge in [-0.05, 0) is 43.4 Å². The third-order valence-electron chi connectivity index (χ3n) is 6.66. The molecule has 24 heavy (non-hydrogen) atoms. The van der Waals surface area contributed by atoms with E-state index < -0.39 is 0 Å². The summed E-state index contributed by atoms with van der Waals surface area (Å²) in [6, 6.07) is 0.513. The number of rotatable bonds is 3. The van der Waals surface area contributed by atoms with Crippen molar-refractivity contribution in [1.82, 2.24) is 15.5 Å². The van der Waals surface area contributed by atoms with Gasteiger partial charge in [0, 0.05) is 38.3 Å². The highest BCUT2D eigenvalue weighted by atomic mass is 16.5. The molecule has 2 saturated heterocycles. The Kier molecular flexibility index (Phi) is 4.19. The van der Waals surface area contributed by atoms with Crippen molar-refractivity contribution in [1.29, 1.82) is 0 Å². The normalized spacial score (nSPS) is 37.7. The molecular weight excluding hydrogens is 306 g/mol. The van der Waals surface area contributed by atoms with E-state index in [0.717, 1.165) is 38.9 Å². The minimum absolute atomic E-state index is 0.0441. The van der Waals surface area contributed by atoms with Gasteiger partial charge in [-0.3, -0.25) is 4.79 Å². The van der Waals surface area contributed by atoms with Crippen molar-refractivity contribution in [2.24, 2.45) is 11.3 Å². The molecule has 2 N–H and O–H groups in total. The van der Waals surface area contributed by atoms with Gasteiger partial charge < -0.3 is 20.3 Å². The first-order chi connectivity index (χ1) is 11.6. The summed E-state index contributed by atoms with van der Waals surface area (Å²) in [6.07, 6.45) is 7.08. The van der Waals surface area contributed by atoms with E-state index in [-0.39, 0.29) is 29.4 Å². The van der Waals surface area contributed by atoms with Gasteiger partial charge >= 0.3 is 6.03 Å². The van der Waals surface area contributed by atoms with Gasteiger partial charge in [-0.15, -0.1) is 0 Å². The smallest absolute Gasteiger partial charge is 0.315 e. The van der Waals surface area contributed by atoms with E-state index in [1.807, 2.05) is 4.90 Å². The van der Waals surface area contributed by atoms with Crippen LogP contribution in [0.5, 0.6) is 0 Å². The first-order valence-electron chi connectivity index (χ1n) is 9.52. The summed E-state index contributed by atoms with van der Waals surface area (Å²) in [6.45, 7) is 4.47. The Morgan fingerprint density at radius 2 is 2.00 bits per heavy atom. The topological polar surface area (TPSA) is 70.7 Å². The van der Waals surface area contributed by atoms with Crippen molar-refractivity contribution in [2.45, 2.75) is 70.0 Å². The van der Waals surface area contributed by atoms with Gasteiger partial charge in [0.15, 0.2) is 0 Å². The standard InChI is InChI=1S/C18H29N3O3/c1-12-9-14(12)21-11-13(10-16(21)22)19-17(23)20-15-3-2-4-18(15)5-7-24-8-6-18/h12-15H,2-11H2,1H3,(H2,19,20,23)/t12-,13+,14+,15+/m1/s1. The Hall–Kier alpha value is -1.30. The average molecular weight is 335 g/mol. The minimum atomic E-state index is -0.101. The van der Waals surface area contributed by atoms with E-state index >= 15 is 0 Å². The molecule has 2 heterocycles. The van der Waals surface area contributed by atoms with Crippen LogP contribution in [0.4, 0.5) is 4.79 Å². The fourth-order valence-corrected chi connectivity index (χ4v) is 5.01. The SMILES string of the molecule is C[C@@H]1C[C@@H]1N1C[C@@H](NC(=O)N[C@H]2CCCC23CCOCC3)CC1=O. The predicted molar refractivity (Wildman–Crippen MR) is 89.5 cm³/mol. The van der Waals surface area contributed by atoms with E-state index in [1.54, 1.807) is 0 Å². The molecule has 4 rings (SSSR count). The summed E-state index contributed by atoms with van der Waals surface area (Å²) in [5.41, 5.74) is 0.233. The van der Waals surface area contributed by atoms with Crippen LogP contribution >= 0.6 is 0 Å². The molecule has 4 aliphatic rings. The van der Waals surface area contributed by atoms with E-state index in [4.69, 9.17) is 4.74 Å². The number of urea groups is 1. The summed E-state index contributed by atoms with van der Waals surface area (Å²) in [5, 5.41) is 6.26. The van der Waals surface area contributed by atoms with Crippen LogP contribution in [0, 0.1) is 11.3 Å². The molecule has 6 heteroatoms. The lowest BCUT2D eigenvalue weighted by Crippen LogP contribution is -2.52. The number of amides is 3. The van der Waals surface area contributed by atoms with Crippen molar-refractivity contribution in [3.8, 4) is 0 Å². The number of carbonyl (C=O) groups is 2. The van der Waals surface area contributed by atoms with Gasteiger partial charge in [-0.1, -0.05) is 13.3 Å². The summed E-state index contributed by atoms with van der Waals surface area (Å²) < 4.78 is 5.51. The second kappa shape index (κ2) is 6.21. The van der Waals surface area contributed by atoms with Crippen LogP contribution in [0.3, 0.4) is 0 Å². The maximum atomic E-state index is 12.5. The number of carbonyl (C=O) groups excluding carboxylic acids is 2. The molecule has 0 bridgehead atoms. The van der Waals surface area contributed by atoms with Crippen molar-refractivity contribution >= 4 is 11.9 Å². The Bertz CT molecular complexity index is 518. The van der Waals surface area contributed by atoms with E-state index in [2.05, 4.69) is 17.6 Å². The molecule has 1 spiro atoms. The number of hydrogen-bond donors (Lipinski definition) is 2. The molecule has 4 fully saturated rings. The van der Waals surface area contributed by atoms with Crippen LogP contribution in [-0.2, 0) is 9.53 Å². The molecule has 134 valence electrons. The molecule has 0 aromatic rings. The molecule has 2 aliphatic heterocycles. The zero-order chi connectivity index (χ0) is 16.7. The molecule has 0 aromatic carbocycles. The lowest BCUT2D eigenvalue weighted by molar-refractivity contribution is -0.128. The molecular formula is C18H29N3O3. The summed E-state index contributed by atoms with van der Waals surface area (Å²) in [7, 11) is 0. The molecule has 3 amide bonds. The highest BCUT2D eigenvalue weighted by Crippen LogP contribution is 2.46. The zero-order valence-corrected chi connectivity index (χ0v) is 14.6. The quantitative estimate of drug-likeness (QED) is 0.824. The number of likely N-dealkylation sites (tertiary alicyclic amines) is 1. The van der Waals surface area contributed by atoms with E-state index in [0.29, 0.717) is 24.9 Å². The van der Waals surface area contributed by atoms with Crippen molar-refractivity contribution in [2.75, 3.05) is 19.8 Å². The number of nitrogens with one attached hydrogen (secondary N) is 2. The van der Waals surface area contributed by atoms with Crippen molar-refractivity contribution < 1.29 is 14.3 Å². The van der Waals surface area contributed by atoms with Crippen LogP contribution in [0.1, 0.15) is 51.9 Å². The predicted octanol–water partition coefficient (Wildman–Crippen LogP) is 1.64. The van der Waals surface area contributed by atoms with Crippen LogP contribution in [0.15, 0.2) is 0 Å². The van der Waals surface area contributed by atoms with Gasteiger partial charge in [-0.2, -0.15) is 0 Å². The molecule has 4 atom stereocenters. The van der Waals surface area contributed by atoms with Gasteiger partial charge in [0.1, 0.15) is 0 Å². The number of hydrogen-bond acceptors (Lipinski definition) is 3. The third-order valence-corrected chi connectivity index (χ3v) is 6.66. The Labute approximate surface area is 143 Å². The molecule has 2 saturated carbocycles. The Morgan fingerprint density at radius 1 is 1.25 bits per heavy atom. The fraction of sp³-hybridized carbons (Fsp3) is 0.889. The minimum Gasteiger partial charge on any atom is -0.381 e. The van der Waals surface area contributed by atoms with Gasteiger partial charge in [0.2, 0.25) is 5.91 Å². The average Bonchev–Trinajstić information content (AvgIpc) is 3.00. The fourth-order valence-electron chi connectivity index (χ4n) is 5.01. The van der Waals surface area contributed by atoms with Crippen LogP contribution < -0.4 is 10.6 Å². The largest absolute Gasteiger partial charge is 0.381 e. The second-order valence-corrected chi connectivity index (χ2v) is 8.26. The third kappa shape index (κ3) is 3.01. The Morgan fingerprint density at radius 3 is 2.71 bits per heavy atom. The summed E-state index contributed by atoms with van der Waals surface area (Å²) in [4.78, 5) is 26.5. The van der Waals surface area contributed by atoms with Crippen LogP contribution in [0.2, 0.25) is 0 Å². The van der Waals surface area contributed by atoms with Gasteiger partial charge in [0.05, 0.1) is 6.04 Å². The van der Waals surface area contributed by atoms with E-state index in [1.165, 1.54) is 12.8 Å². The van der Waals surface area contributed by atoms with Gasteiger partial charge in [0.25, 0.3) is 0 Å². The molecule has 0 aromatic heterocycles. The highest BCUT2D eigenvalue weighted by Gasteiger charge is 2.46. The number of nitrogens with zero attached hydrogens (tertiary/aromatic N) is 1. The lowest BCUT2D eigenvalue weighted by Gasteiger charge is -2.39. The van der Waals surface area contributed by atoms with Crippen LogP contribution in [0.25, 0.3) is 0 Å². The van der Waals surface area contributed by atoms with Gasteiger partial charge in [-0.25, -0.2) is 4.79 Å². The summed E-state index contributed by atoms with van der Waals surface area (Å²) in [5.74, 6) is 0.810. The number of ether oxygens (including phenoxy) is 1. The maximum Gasteiger partial charge on any atom is 0.315 e. The monoisotopic (exact) mass is 335 g/mol. The Balaban J connectivity index is 1.30. The molecule has 6 nitrogen and oxygen atoms in total. The maximum absolute atomic E-state index is 12.5. The van der Waals surface area contributed by atoms with Crippen molar-refractivity contribution in [3.05, 3.63) is 0 Å². The second-order valence-electron chi connectivity index (χ2n) is 8.26. The first-order valence-corrected chi connectivity index (χ1v) is 9.52. The van der Waals surface area contributed by atoms with Crippen LogP contribution in [-0.4, -0.2) is 54.7 Å².